The van der Waals surface area contributed by atoms with Crippen LogP contribution in [0.25, 0.3) is 0 Å². The van der Waals surface area contributed by atoms with Crippen molar-refractivity contribution in [2.75, 3.05) is 24.3 Å². The molecule has 2 heterocycles. The second-order valence-corrected chi connectivity index (χ2v) is 10.1. The van der Waals surface area contributed by atoms with Crippen molar-refractivity contribution in [1.82, 2.24) is 14.8 Å². The van der Waals surface area contributed by atoms with Gasteiger partial charge in [0.05, 0.1) is 24.5 Å². The van der Waals surface area contributed by atoms with Crippen LogP contribution in [0.2, 0.25) is 0 Å². The molecule has 0 spiro atoms. The summed E-state index contributed by atoms with van der Waals surface area (Å²) in [6.45, 7) is 11.9. The van der Waals surface area contributed by atoms with Crippen LogP contribution in [0.3, 0.4) is 0 Å². The van der Waals surface area contributed by atoms with Crippen LogP contribution in [0, 0.1) is 6.92 Å². The Morgan fingerprint density at radius 1 is 1.08 bits per heavy atom. The second kappa shape index (κ2) is 14.5. The van der Waals surface area contributed by atoms with Gasteiger partial charge in [-0.2, -0.15) is 0 Å². The Bertz CT molecular complexity index is 1320. The number of carbonyl (C=O) groups excluding carboxylic acids is 3. The zero-order valence-corrected chi connectivity index (χ0v) is 24.1. The van der Waals surface area contributed by atoms with Crippen molar-refractivity contribution in [2.24, 2.45) is 0 Å². The number of nitrogens with zero attached hydrogens (tertiary/aromatic N) is 3. The first kappa shape index (κ1) is 29.9. The van der Waals surface area contributed by atoms with E-state index in [4.69, 9.17) is 14.2 Å². The van der Waals surface area contributed by atoms with E-state index in [2.05, 4.69) is 29.0 Å². The quantitative estimate of drug-likeness (QED) is 0.160. The summed E-state index contributed by atoms with van der Waals surface area (Å²) in [5.74, 6) is -0.264. The first-order valence-corrected chi connectivity index (χ1v) is 14.3. The highest BCUT2D eigenvalue weighted by molar-refractivity contribution is 7.99. The molecule has 0 atom stereocenters. The van der Waals surface area contributed by atoms with Gasteiger partial charge >= 0.3 is 11.9 Å². The second-order valence-electron chi connectivity index (χ2n) is 8.12. The minimum absolute atomic E-state index is 0.0113. The van der Waals surface area contributed by atoms with E-state index in [0.29, 0.717) is 23.1 Å². The normalized spacial score (nSPS) is 10.7. The lowest BCUT2D eigenvalue weighted by atomic mass is 10.1. The first-order chi connectivity index (χ1) is 18.8. The van der Waals surface area contributed by atoms with Crippen LogP contribution in [0.5, 0.6) is 5.75 Å². The maximum absolute atomic E-state index is 12.9. The van der Waals surface area contributed by atoms with E-state index in [-0.39, 0.29) is 46.9 Å². The van der Waals surface area contributed by atoms with Gasteiger partial charge in [-0.25, -0.2) is 9.59 Å². The number of benzene rings is 1. The standard InChI is InChI=1S/C27H32N4O6S2/c1-6-14-31-20(15-37-19-12-10-18(7-2)11-13-19)29-30-27(31)38-16-21(32)28-24-22(25(33)35-8-3)17(5)23(39-24)26(34)36-9-4/h6,10-13H,1,7-9,14-16H2,2-5H3,(H,28,32). The van der Waals surface area contributed by atoms with E-state index in [1.54, 1.807) is 26.8 Å². The third kappa shape index (κ3) is 7.70. The van der Waals surface area contributed by atoms with Crippen molar-refractivity contribution in [3.8, 4) is 5.75 Å². The maximum atomic E-state index is 12.9. The molecule has 3 rings (SSSR count). The van der Waals surface area contributed by atoms with Crippen molar-refractivity contribution in [3.63, 3.8) is 0 Å². The summed E-state index contributed by atoms with van der Waals surface area (Å²) in [6, 6.07) is 7.86. The number of carbonyl (C=O) groups is 3. The highest BCUT2D eigenvalue weighted by Crippen LogP contribution is 2.34. The minimum Gasteiger partial charge on any atom is -0.486 e. The third-order valence-electron chi connectivity index (χ3n) is 5.48. The summed E-state index contributed by atoms with van der Waals surface area (Å²) >= 11 is 2.16. The number of anilines is 1. The van der Waals surface area contributed by atoms with Gasteiger partial charge in [-0.3, -0.25) is 9.36 Å². The smallest absolute Gasteiger partial charge is 0.348 e. The van der Waals surface area contributed by atoms with E-state index < -0.39 is 11.9 Å². The molecule has 3 aromatic rings. The van der Waals surface area contributed by atoms with Gasteiger partial charge in [0.1, 0.15) is 22.2 Å². The summed E-state index contributed by atoms with van der Waals surface area (Å²) in [5, 5.41) is 11.9. The van der Waals surface area contributed by atoms with Crippen molar-refractivity contribution in [1.29, 1.82) is 0 Å². The number of hydrogen-bond donors (Lipinski definition) is 1. The number of ether oxygens (including phenoxy) is 3. The van der Waals surface area contributed by atoms with Gasteiger partial charge in [-0.1, -0.05) is 36.9 Å². The lowest BCUT2D eigenvalue weighted by Crippen LogP contribution is -2.17. The Balaban J connectivity index is 1.70. The molecule has 12 heteroatoms. The molecule has 1 amide bonds. The fourth-order valence-corrected chi connectivity index (χ4v) is 5.42. The van der Waals surface area contributed by atoms with Crippen LogP contribution < -0.4 is 10.1 Å². The SMILES string of the molecule is C=CCn1c(COc2ccc(CC)cc2)nnc1SCC(=O)Nc1sc(C(=O)OCC)c(C)c1C(=O)OCC. The van der Waals surface area contributed by atoms with Gasteiger partial charge in [0, 0.05) is 6.54 Å². The number of thioether (sulfide) groups is 1. The largest absolute Gasteiger partial charge is 0.486 e. The van der Waals surface area contributed by atoms with Gasteiger partial charge < -0.3 is 19.5 Å². The summed E-state index contributed by atoms with van der Waals surface area (Å²) in [5.41, 5.74) is 1.77. The number of aromatic nitrogens is 3. The van der Waals surface area contributed by atoms with Crippen LogP contribution in [-0.4, -0.2) is 51.6 Å². The highest BCUT2D eigenvalue weighted by atomic mass is 32.2. The van der Waals surface area contributed by atoms with Crippen LogP contribution in [-0.2, 0) is 33.8 Å². The molecule has 2 aromatic heterocycles. The Labute approximate surface area is 235 Å². The van der Waals surface area contributed by atoms with Gasteiger partial charge in [0.15, 0.2) is 11.0 Å². The molecule has 0 saturated carbocycles. The van der Waals surface area contributed by atoms with Crippen molar-refractivity contribution in [2.45, 2.75) is 52.4 Å². The summed E-state index contributed by atoms with van der Waals surface area (Å²) in [7, 11) is 0. The van der Waals surface area contributed by atoms with E-state index in [1.807, 2.05) is 28.8 Å². The molecule has 39 heavy (non-hydrogen) atoms. The van der Waals surface area contributed by atoms with Gasteiger partial charge in [-0.15, -0.1) is 28.1 Å². The lowest BCUT2D eigenvalue weighted by molar-refractivity contribution is -0.113. The predicted molar refractivity (Wildman–Crippen MR) is 151 cm³/mol. The molecule has 10 nitrogen and oxygen atoms in total. The Kier molecular flexibility index (Phi) is 11.1. The average molecular weight is 573 g/mol. The van der Waals surface area contributed by atoms with Crippen LogP contribution >= 0.6 is 23.1 Å². The molecule has 1 N–H and O–H groups in total. The van der Waals surface area contributed by atoms with E-state index in [1.165, 1.54) is 17.3 Å². The van der Waals surface area contributed by atoms with Crippen molar-refractivity contribution < 1.29 is 28.6 Å². The molecular formula is C27H32N4O6S2. The molecule has 0 fully saturated rings. The number of amides is 1. The fraction of sp³-hybridized carbons (Fsp3) is 0.370. The Hall–Kier alpha value is -3.64. The zero-order chi connectivity index (χ0) is 28.4. The van der Waals surface area contributed by atoms with Gasteiger partial charge in [0.25, 0.3) is 0 Å². The maximum Gasteiger partial charge on any atom is 0.348 e. The molecule has 0 unspecified atom stereocenters. The number of allylic oxidation sites excluding steroid dienone is 1. The van der Waals surface area contributed by atoms with E-state index >= 15 is 0 Å². The number of aryl methyl sites for hydroxylation is 1. The van der Waals surface area contributed by atoms with Gasteiger partial charge in [-0.05, 0) is 50.5 Å². The summed E-state index contributed by atoms with van der Waals surface area (Å²) in [4.78, 5) is 38.1. The van der Waals surface area contributed by atoms with E-state index in [0.717, 1.165) is 23.5 Å². The summed E-state index contributed by atoms with van der Waals surface area (Å²) < 4.78 is 17.9. The average Bonchev–Trinajstić information content (AvgIpc) is 3.46. The monoisotopic (exact) mass is 572 g/mol. The molecule has 0 radical (unpaired) electrons. The molecular weight excluding hydrogens is 540 g/mol. The van der Waals surface area contributed by atoms with E-state index in [9.17, 15) is 14.4 Å². The topological polar surface area (TPSA) is 122 Å². The van der Waals surface area contributed by atoms with Crippen LogP contribution in [0.1, 0.15) is 57.8 Å². The molecule has 208 valence electrons. The number of esters is 2. The number of hydrogen-bond acceptors (Lipinski definition) is 10. The lowest BCUT2D eigenvalue weighted by Gasteiger charge is -2.10. The van der Waals surface area contributed by atoms with Crippen molar-refractivity contribution >= 4 is 45.9 Å². The molecule has 0 bridgehead atoms. The molecule has 1 aromatic carbocycles. The zero-order valence-electron chi connectivity index (χ0n) is 22.4. The predicted octanol–water partition coefficient (Wildman–Crippen LogP) is 5.06. The Morgan fingerprint density at radius 2 is 1.77 bits per heavy atom. The minimum atomic E-state index is -0.621. The molecule has 0 aliphatic rings. The Morgan fingerprint density at radius 3 is 2.41 bits per heavy atom. The fourth-order valence-electron chi connectivity index (χ4n) is 3.55. The van der Waals surface area contributed by atoms with Crippen LogP contribution in [0.4, 0.5) is 5.00 Å². The molecule has 0 aliphatic heterocycles. The molecule has 0 aliphatic carbocycles. The van der Waals surface area contributed by atoms with Crippen LogP contribution in [0.15, 0.2) is 42.1 Å². The summed E-state index contributed by atoms with van der Waals surface area (Å²) in [6.07, 6.45) is 2.66. The number of rotatable bonds is 14. The van der Waals surface area contributed by atoms with Gasteiger partial charge in [0.2, 0.25) is 5.91 Å². The number of thiophene rings is 1. The molecule has 0 saturated heterocycles. The third-order valence-corrected chi connectivity index (χ3v) is 7.63. The highest BCUT2D eigenvalue weighted by Gasteiger charge is 2.27. The first-order valence-electron chi connectivity index (χ1n) is 12.5. The van der Waals surface area contributed by atoms with Crippen molar-refractivity contribution in [3.05, 3.63) is 64.3 Å². The number of nitrogens with one attached hydrogen (secondary N) is 1.